The van der Waals surface area contributed by atoms with Crippen LogP contribution in [0.4, 0.5) is 10.5 Å². The van der Waals surface area contributed by atoms with Gasteiger partial charge in [-0.1, -0.05) is 30.3 Å². The maximum atomic E-state index is 12.3. The summed E-state index contributed by atoms with van der Waals surface area (Å²) in [6.07, 6.45) is -0.634. The van der Waals surface area contributed by atoms with Crippen LogP contribution in [0, 0.1) is 6.92 Å². The molecule has 3 aromatic rings. The van der Waals surface area contributed by atoms with Crippen LogP contribution in [0.3, 0.4) is 0 Å². The molecule has 26 heavy (non-hydrogen) atoms. The van der Waals surface area contributed by atoms with Crippen molar-refractivity contribution in [2.45, 2.75) is 26.5 Å². The Kier molecular flexibility index (Phi) is 5.48. The van der Waals surface area contributed by atoms with Crippen molar-refractivity contribution in [1.82, 2.24) is 10.3 Å². The van der Waals surface area contributed by atoms with Crippen molar-refractivity contribution in [3.8, 4) is 0 Å². The second kappa shape index (κ2) is 7.97. The predicted octanol–water partition coefficient (Wildman–Crippen LogP) is 3.86. The number of benzene rings is 2. The zero-order chi connectivity index (χ0) is 18.5. The molecule has 0 aliphatic rings. The molecule has 0 saturated carbocycles. The summed E-state index contributed by atoms with van der Waals surface area (Å²) >= 11 is 1.56. The number of fused-ring (bicyclic) bond motifs is 1. The highest BCUT2D eigenvalue weighted by Gasteiger charge is 2.17. The number of nitrogens with zero attached hydrogens (tertiary/aromatic N) is 1. The second-order valence-electron chi connectivity index (χ2n) is 5.83. The van der Waals surface area contributed by atoms with Gasteiger partial charge in [0.05, 0.1) is 15.2 Å². The van der Waals surface area contributed by atoms with Gasteiger partial charge in [0.1, 0.15) is 12.6 Å². The Bertz CT molecular complexity index is 924. The predicted molar refractivity (Wildman–Crippen MR) is 102 cm³/mol. The van der Waals surface area contributed by atoms with Crippen molar-refractivity contribution in [2.75, 3.05) is 5.32 Å². The third-order valence-electron chi connectivity index (χ3n) is 3.70. The Morgan fingerprint density at radius 3 is 2.73 bits per heavy atom. The van der Waals surface area contributed by atoms with Crippen LogP contribution < -0.4 is 10.6 Å². The van der Waals surface area contributed by atoms with E-state index in [0.717, 1.165) is 20.8 Å². The lowest BCUT2D eigenvalue weighted by atomic mass is 10.2. The van der Waals surface area contributed by atoms with Crippen LogP contribution in [0.1, 0.15) is 17.5 Å². The first kappa shape index (κ1) is 17.9. The van der Waals surface area contributed by atoms with Crippen LogP contribution in [0.25, 0.3) is 10.2 Å². The van der Waals surface area contributed by atoms with E-state index in [-0.39, 0.29) is 12.5 Å². The van der Waals surface area contributed by atoms with Crippen LogP contribution in [0.15, 0.2) is 48.5 Å². The number of nitrogens with one attached hydrogen (secondary N) is 2. The number of rotatable bonds is 5. The maximum Gasteiger partial charge on any atom is 0.408 e. The molecule has 1 atom stereocenters. The van der Waals surface area contributed by atoms with E-state index < -0.39 is 12.1 Å². The van der Waals surface area contributed by atoms with Crippen molar-refractivity contribution in [3.05, 3.63) is 59.1 Å². The Labute approximate surface area is 155 Å². The Morgan fingerprint density at radius 2 is 1.96 bits per heavy atom. The van der Waals surface area contributed by atoms with E-state index in [1.807, 2.05) is 49.4 Å². The number of anilines is 1. The Hall–Kier alpha value is -2.93. The van der Waals surface area contributed by atoms with Crippen LogP contribution in [0.2, 0.25) is 0 Å². The Balaban J connectivity index is 1.52. The summed E-state index contributed by atoms with van der Waals surface area (Å²) in [5.41, 5.74) is 2.45. The largest absolute Gasteiger partial charge is 0.445 e. The highest BCUT2D eigenvalue weighted by Crippen LogP contribution is 2.24. The smallest absolute Gasteiger partial charge is 0.408 e. The standard InChI is InChI=1S/C19H19N3O3S/c1-12(20-19(24)25-11-14-6-4-3-5-7-14)18(23)22-15-8-9-16-17(10-15)26-13(2)21-16/h3-10,12H,11H2,1-2H3,(H,20,24)(H,22,23)/t12-/m1/s1. The molecule has 0 aliphatic heterocycles. The number of alkyl carbamates (subject to hydrolysis) is 1. The zero-order valence-corrected chi connectivity index (χ0v) is 15.3. The van der Waals surface area contributed by atoms with E-state index in [2.05, 4.69) is 15.6 Å². The first-order chi connectivity index (χ1) is 12.5. The first-order valence-electron chi connectivity index (χ1n) is 8.16. The van der Waals surface area contributed by atoms with Crippen molar-refractivity contribution < 1.29 is 14.3 Å². The normalized spacial score (nSPS) is 11.8. The molecule has 2 N–H and O–H groups in total. The first-order valence-corrected chi connectivity index (χ1v) is 8.98. The number of aromatic nitrogens is 1. The molecule has 0 aliphatic carbocycles. The molecule has 3 rings (SSSR count). The molecule has 1 heterocycles. The van der Waals surface area contributed by atoms with Gasteiger partial charge in [0.15, 0.2) is 0 Å². The van der Waals surface area contributed by atoms with E-state index >= 15 is 0 Å². The quantitative estimate of drug-likeness (QED) is 0.716. The summed E-state index contributed by atoms with van der Waals surface area (Å²) in [7, 11) is 0. The second-order valence-corrected chi connectivity index (χ2v) is 7.07. The highest BCUT2D eigenvalue weighted by atomic mass is 32.1. The van der Waals surface area contributed by atoms with E-state index in [9.17, 15) is 9.59 Å². The van der Waals surface area contributed by atoms with Crippen molar-refractivity contribution in [3.63, 3.8) is 0 Å². The minimum Gasteiger partial charge on any atom is -0.445 e. The average molecular weight is 369 g/mol. The number of hydrogen-bond acceptors (Lipinski definition) is 5. The summed E-state index contributed by atoms with van der Waals surface area (Å²) < 4.78 is 6.13. The van der Waals surface area contributed by atoms with E-state index in [1.54, 1.807) is 24.3 Å². The topological polar surface area (TPSA) is 80.3 Å². The minimum absolute atomic E-state index is 0.155. The number of amides is 2. The van der Waals surface area contributed by atoms with Gasteiger partial charge in [0.25, 0.3) is 0 Å². The van der Waals surface area contributed by atoms with Crippen molar-refractivity contribution in [2.24, 2.45) is 0 Å². The summed E-state index contributed by atoms with van der Waals surface area (Å²) in [6, 6.07) is 14.2. The molecule has 0 bridgehead atoms. The molecule has 0 spiro atoms. The molecular formula is C19H19N3O3S. The number of thiazole rings is 1. The number of ether oxygens (including phenoxy) is 1. The van der Waals surface area contributed by atoms with Gasteiger partial charge in [-0.25, -0.2) is 9.78 Å². The average Bonchev–Trinajstić information content (AvgIpc) is 3.00. The third kappa shape index (κ3) is 4.58. The fourth-order valence-corrected chi connectivity index (χ4v) is 3.24. The van der Waals surface area contributed by atoms with Gasteiger partial charge in [-0.15, -0.1) is 11.3 Å². The molecular weight excluding hydrogens is 350 g/mol. The van der Waals surface area contributed by atoms with E-state index in [0.29, 0.717) is 5.69 Å². The van der Waals surface area contributed by atoms with Crippen molar-refractivity contribution >= 4 is 39.2 Å². The number of hydrogen-bond donors (Lipinski definition) is 2. The molecule has 1 aromatic heterocycles. The van der Waals surface area contributed by atoms with Gasteiger partial charge in [-0.05, 0) is 37.6 Å². The summed E-state index contributed by atoms with van der Waals surface area (Å²) in [5, 5.41) is 6.29. The van der Waals surface area contributed by atoms with Crippen LogP contribution in [0.5, 0.6) is 0 Å². The molecule has 2 aromatic carbocycles. The fourth-order valence-electron chi connectivity index (χ4n) is 2.38. The Morgan fingerprint density at radius 1 is 1.19 bits per heavy atom. The lowest BCUT2D eigenvalue weighted by Crippen LogP contribution is -2.41. The number of carbonyl (C=O) groups excluding carboxylic acids is 2. The monoisotopic (exact) mass is 369 g/mol. The van der Waals surface area contributed by atoms with E-state index in [1.165, 1.54) is 0 Å². The van der Waals surface area contributed by atoms with Gasteiger partial charge in [-0.3, -0.25) is 4.79 Å². The van der Waals surface area contributed by atoms with Crippen LogP contribution >= 0.6 is 11.3 Å². The van der Waals surface area contributed by atoms with Gasteiger partial charge in [-0.2, -0.15) is 0 Å². The minimum atomic E-state index is -0.725. The molecule has 0 unspecified atom stereocenters. The highest BCUT2D eigenvalue weighted by molar-refractivity contribution is 7.18. The summed E-state index contributed by atoms with van der Waals surface area (Å²) in [5.74, 6) is -0.317. The van der Waals surface area contributed by atoms with Crippen LogP contribution in [-0.4, -0.2) is 23.0 Å². The third-order valence-corrected chi connectivity index (χ3v) is 4.64. The fraction of sp³-hybridized carbons (Fsp3) is 0.211. The van der Waals surface area contributed by atoms with Gasteiger partial charge in [0, 0.05) is 5.69 Å². The lowest BCUT2D eigenvalue weighted by Gasteiger charge is -2.14. The number of aryl methyl sites for hydroxylation is 1. The van der Waals surface area contributed by atoms with Crippen LogP contribution in [-0.2, 0) is 16.1 Å². The molecule has 0 fully saturated rings. The molecule has 2 amide bonds. The zero-order valence-electron chi connectivity index (χ0n) is 14.5. The SMILES string of the molecule is Cc1nc2ccc(NC(=O)[C@@H](C)NC(=O)OCc3ccccc3)cc2s1. The molecule has 6 nitrogen and oxygen atoms in total. The summed E-state index contributed by atoms with van der Waals surface area (Å²) in [6.45, 7) is 3.70. The van der Waals surface area contributed by atoms with Gasteiger partial charge >= 0.3 is 6.09 Å². The van der Waals surface area contributed by atoms with Crippen molar-refractivity contribution in [1.29, 1.82) is 0 Å². The molecule has 134 valence electrons. The lowest BCUT2D eigenvalue weighted by molar-refractivity contribution is -0.117. The summed E-state index contributed by atoms with van der Waals surface area (Å²) in [4.78, 5) is 28.5. The molecule has 0 saturated heterocycles. The number of carbonyl (C=O) groups is 2. The molecule has 0 radical (unpaired) electrons. The van der Waals surface area contributed by atoms with E-state index in [4.69, 9.17) is 4.74 Å². The van der Waals surface area contributed by atoms with Gasteiger partial charge in [0.2, 0.25) is 5.91 Å². The molecule has 7 heteroatoms. The van der Waals surface area contributed by atoms with Gasteiger partial charge < -0.3 is 15.4 Å². The maximum absolute atomic E-state index is 12.3.